The van der Waals surface area contributed by atoms with Gasteiger partial charge in [-0.25, -0.2) is 4.79 Å². The number of hydrogen-bond acceptors (Lipinski definition) is 5. The van der Waals surface area contributed by atoms with Gasteiger partial charge in [0.15, 0.2) is 6.10 Å². The molecule has 1 atom stereocenters. The molecule has 0 spiro atoms. The smallest absolute Gasteiger partial charge is 0.340 e. The molecule has 0 fully saturated rings. The third kappa shape index (κ3) is 4.68. The quantitative estimate of drug-likeness (QED) is 0.447. The summed E-state index contributed by atoms with van der Waals surface area (Å²) in [5.74, 6) is -0.0205. The molecule has 1 aromatic heterocycles. The summed E-state index contributed by atoms with van der Waals surface area (Å²) < 4.78 is 10.7. The van der Waals surface area contributed by atoms with Crippen LogP contribution >= 0.6 is 0 Å². The number of hydrogen-bond donors (Lipinski definition) is 1. The van der Waals surface area contributed by atoms with E-state index in [0.29, 0.717) is 23.4 Å². The molecular weight excluding hydrogens is 354 g/mol. The van der Waals surface area contributed by atoms with Gasteiger partial charge in [0.25, 0.3) is 0 Å². The number of rotatable bonds is 8. The molecular formula is C23H23NO4. The Morgan fingerprint density at radius 3 is 2.46 bits per heavy atom. The molecule has 144 valence electrons. The van der Waals surface area contributed by atoms with Crippen LogP contribution in [0.4, 0.5) is 5.69 Å². The van der Waals surface area contributed by atoms with Gasteiger partial charge in [-0.1, -0.05) is 43.3 Å². The molecule has 0 saturated carbocycles. The lowest BCUT2D eigenvalue weighted by molar-refractivity contribution is 0.0319. The number of Topliss-reactive ketones (excluding diaryl/α,β-unsaturated/α-hetero) is 1. The van der Waals surface area contributed by atoms with Crippen molar-refractivity contribution in [2.45, 2.75) is 32.9 Å². The Labute approximate surface area is 164 Å². The predicted molar refractivity (Wildman–Crippen MR) is 108 cm³/mol. The molecule has 0 unspecified atom stereocenters. The van der Waals surface area contributed by atoms with Gasteiger partial charge in [-0.15, -0.1) is 0 Å². The Bertz CT molecular complexity index is 930. The first-order chi connectivity index (χ1) is 13.6. The number of para-hydroxylation sites is 1. The van der Waals surface area contributed by atoms with E-state index in [0.717, 1.165) is 17.7 Å². The number of carbonyl (C=O) groups excluding carboxylic acids is 2. The van der Waals surface area contributed by atoms with E-state index in [2.05, 4.69) is 12.2 Å². The van der Waals surface area contributed by atoms with Gasteiger partial charge in [0.2, 0.25) is 5.78 Å². The monoisotopic (exact) mass is 377 g/mol. The topological polar surface area (TPSA) is 68.5 Å². The van der Waals surface area contributed by atoms with Gasteiger partial charge in [0, 0.05) is 11.3 Å². The van der Waals surface area contributed by atoms with Gasteiger partial charge < -0.3 is 14.5 Å². The van der Waals surface area contributed by atoms with Crippen LogP contribution in [-0.2, 0) is 17.7 Å². The number of carbonyl (C=O) groups is 2. The van der Waals surface area contributed by atoms with Gasteiger partial charge >= 0.3 is 5.97 Å². The zero-order valence-corrected chi connectivity index (χ0v) is 16.0. The van der Waals surface area contributed by atoms with Crippen LogP contribution in [-0.4, -0.2) is 17.9 Å². The van der Waals surface area contributed by atoms with E-state index in [1.54, 1.807) is 49.6 Å². The van der Waals surface area contributed by atoms with Crippen LogP contribution in [0.1, 0.15) is 45.9 Å². The van der Waals surface area contributed by atoms with Crippen LogP contribution < -0.4 is 5.32 Å². The Kier molecular flexibility index (Phi) is 6.27. The van der Waals surface area contributed by atoms with Crippen molar-refractivity contribution in [1.29, 1.82) is 0 Å². The highest BCUT2D eigenvalue weighted by molar-refractivity contribution is 6.02. The molecule has 28 heavy (non-hydrogen) atoms. The van der Waals surface area contributed by atoms with Gasteiger partial charge in [-0.05, 0) is 43.2 Å². The fourth-order valence-corrected chi connectivity index (χ4v) is 2.83. The van der Waals surface area contributed by atoms with E-state index in [-0.39, 0.29) is 5.78 Å². The van der Waals surface area contributed by atoms with E-state index >= 15 is 0 Å². The third-order valence-corrected chi connectivity index (χ3v) is 4.48. The number of anilines is 1. The van der Waals surface area contributed by atoms with Crippen molar-refractivity contribution < 1.29 is 18.7 Å². The average molecular weight is 377 g/mol. The molecule has 0 aliphatic rings. The minimum absolute atomic E-state index is 0.225. The summed E-state index contributed by atoms with van der Waals surface area (Å²) in [6.07, 6.45) is 1.62. The number of nitrogens with one attached hydrogen (secondary N) is 1. The molecule has 0 aliphatic heterocycles. The van der Waals surface area contributed by atoms with Crippen molar-refractivity contribution >= 4 is 17.4 Å². The highest BCUT2D eigenvalue weighted by Crippen LogP contribution is 2.19. The number of esters is 1. The van der Waals surface area contributed by atoms with Crippen LogP contribution in [0.3, 0.4) is 0 Å². The maximum absolute atomic E-state index is 12.6. The Morgan fingerprint density at radius 1 is 1.04 bits per heavy atom. The van der Waals surface area contributed by atoms with Gasteiger partial charge in [-0.2, -0.15) is 0 Å². The molecule has 0 aliphatic carbocycles. The molecule has 0 bridgehead atoms. The molecule has 3 rings (SSSR count). The van der Waals surface area contributed by atoms with Crippen LogP contribution in [0.5, 0.6) is 0 Å². The van der Waals surface area contributed by atoms with E-state index in [1.807, 2.05) is 24.3 Å². The van der Waals surface area contributed by atoms with E-state index < -0.39 is 12.1 Å². The SMILES string of the molecule is CCc1ccc(C(=O)[C@H](C)OC(=O)c2ccccc2NCc2ccco2)cc1. The molecule has 0 amide bonds. The first-order valence-corrected chi connectivity index (χ1v) is 9.28. The minimum Gasteiger partial charge on any atom is -0.467 e. The second-order valence-electron chi connectivity index (χ2n) is 6.44. The van der Waals surface area contributed by atoms with Crippen molar-refractivity contribution in [1.82, 2.24) is 0 Å². The zero-order valence-electron chi connectivity index (χ0n) is 16.0. The third-order valence-electron chi connectivity index (χ3n) is 4.48. The van der Waals surface area contributed by atoms with E-state index in [9.17, 15) is 9.59 Å². The van der Waals surface area contributed by atoms with Crippen LogP contribution in [0.25, 0.3) is 0 Å². The summed E-state index contributed by atoms with van der Waals surface area (Å²) in [5, 5.41) is 3.16. The van der Waals surface area contributed by atoms with Crippen molar-refractivity contribution in [3.63, 3.8) is 0 Å². The number of furan rings is 1. The number of aryl methyl sites for hydroxylation is 1. The maximum atomic E-state index is 12.6. The molecule has 0 saturated heterocycles. The predicted octanol–water partition coefficient (Wildman–Crippen LogP) is 4.88. The number of benzene rings is 2. The van der Waals surface area contributed by atoms with Crippen molar-refractivity contribution in [2.75, 3.05) is 5.32 Å². The Hall–Kier alpha value is -3.34. The second kappa shape index (κ2) is 9.04. The summed E-state index contributed by atoms with van der Waals surface area (Å²) in [6, 6.07) is 18.0. The Balaban J connectivity index is 1.67. The van der Waals surface area contributed by atoms with Crippen molar-refractivity contribution in [2.24, 2.45) is 0 Å². The summed E-state index contributed by atoms with van der Waals surface area (Å²) in [4.78, 5) is 25.2. The minimum atomic E-state index is -0.877. The van der Waals surface area contributed by atoms with E-state index in [4.69, 9.17) is 9.15 Å². The lowest BCUT2D eigenvalue weighted by Crippen LogP contribution is -2.25. The largest absolute Gasteiger partial charge is 0.467 e. The fourth-order valence-electron chi connectivity index (χ4n) is 2.83. The standard InChI is InChI=1S/C23H23NO4/c1-3-17-10-12-18(13-11-17)22(25)16(2)28-23(26)20-8-4-5-9-21(20)24-15-19-7-6-14-27-19/h4-14,16,24H,3,15H2,1-2H3/t16-/m0/s1. The molecule has 5 heteroatoms. The maximum Gasteiger partial charge on any atom is 0.340 e. The summed E-state index contributed by atoms with van der Waals surface area (Å²) in [7, 11) is 0. The number of ketones is 1. The van der Waals surface area contributed by atoms with Crippen molar-refractivity contribution in [3.05, 3.63) is 89.4 Å². The first kappa shape index (κ1) is 19.4. The highest BCUT2D eigenvalue weighted by atomic mass is 16.5. The molecule has 0 radical (unpaired) electrons. The highest BCUT2D eigenvalue weighted by Gasteiger charge is 2.22. The van der Waals surface area contributed by atoms with Crippen LogP contribution in [0.2, 0.25) is 0 Å². The van der Waals surface area contributed by atoms with Gasteiger partial charge in [-0.3, -0.25) is 4.79 Å². The normalized spacial score (nSPS) is 11.6. The average Bonchev–Trinajstić information content (AvgIpc) is 3.25. The van der Waals surface area contributed by atoms with E-state index in [1.165, 1.54) is 0 Å². The summed E-state index contributed by atoms with van der Waals surface area (Å²) in [6.45, 7) is 4.08. The van der Waals surface area contributed by atoms with Crippen LogP contribution in [0, 0.1) is 0 Å². The summed E-state index contributed by atoms with van der Waals surface area (Å²) in [5.41, 5.74) is 2.67. The zero-order chi connectivity index (χ0) is 19.9. The summed E-state index contributed by atoms with van der Waals surface area (Å²) >= 11 is 0. The fraction of sp³-hybridized carbons (Fsp3) is 0.217. The van der Waals surface area contributed by atoms with Crippen LogP contribution in [0.15, 0.2) is 71.3 Å². The second-order valence-corrected chi connectivity index (χ2v) is 6.44. The molecule has 2 aromatic carbocycles. The Morgan fingerprint density at radius 2 is 1.79 bits per heavy atom. The van der Waals surface area contributed by atoms with Gasteiger partial charge in [0.05, 0.1) is 18.4 Å². The van der Waals surface area contributed by atoms with Gasteiger partial charge in [0.1, 0.15) is 5.76 Å². The molecule has 1 heterocycles. The lowest BCUT2D eigenvalue weighted by atomic mass is 10.0. The first-order valence-electron chi connectivity index (χ1n) is 9.28. The molecule has 5 nitrogen and oxygen atoms in total. The molecule has 3 aromatic rings. The molecule has 1 N–H and O–H groups in total. The van der Waals surface area contributed by atoms with Crippen molar-refractivity contribution in [3.8, 4) is 0 Å². The number of ether oxygens (including phenoxy) is 1. The lowest BCUT2D eigenvalue weighted by Gasteiger charge is -2.15.